The number of nitrogens with zero attached hydrogens (tertiary/aromatic N) is 2. The van der Waals surface area contributed by atoms with Crippen LogP contribution in [0, 0.1) is 13.8 Å². The van der Waals surface area contributed by atoms with Gasteiger partial charge in [0.15, 0.2) is 5.13 Å². The molecule has 0 bridgehead atoms. The number of rotatable bonds is 4. The molecule has 0 aliphatic carbocycles. The first-order valence-corrected chi connectivity index (χ1v) is 7.94. The highest BCUT2D eigenvalue weighted by molar-refractivity contribution is 7.12. The number of carbonyl (C=O) groups excluding carboxylic acids is 1. The molecule has 0 radical (unpaired) electrons. The van der Waals surface area contributed by atoms with E-state index in [4.69, 9.17) is 0 Å². The quantitative estimate of drug-likeness (QED) is 0.798. The number of aryl methyl sites for hydroxylation is 2. The average molecular weight is 311 g/mol. The SMILES string of the molecule is Cc1ccc(C)c(NC(=O)Cc2csc(-n3cccc3)n2)c1. The Morgan fingerprint density at radius 3 is 2.82 bits per heavy atom. The van der Waals surface area contributed by atoms with Crippen molar-refractivity contribution in [2.75, 3.05) is 5.32 Å². The Morgan fingerprint density at radius 1 is 1.27 bits per heavy atom. The van der Waals surface area contributed by atoms with Gasteiger partial charge in [-0.25, -0.2) is 4.98 Å². The summed E-state index contributed by atoms with van der Waals surface area (Å²) in [4.78, 5) is 16.7. The van der Waals surface area contributed by atoms with Crippen molar-refractivity contribution >= 4 is 22.9 Å². The van der Waals surface area contributed by atoms with Crippen LogP contribution >= 0.6 is 11.3 Å². The van der Waals surface area contributed by atoms with Gasteiger partial charge in [-0.3, -0.25) is 4.79 Å². The van der Waals surface area contributed by atoms with Gasteiger partial charge in [-0.15, -0.1) is 11.3 Å². The lowest BCUT2D eigenvalue weighted by atomic mass is 10.1. The summed E-state index contributed by atoms with van der Waals surface area (Å²) in [5.74, 6) is -0.0435. The number of anilines is 1. The van der Waals surface area contributed by atoms with E-state index in [2.05, 4.69) is 10.3 Å². The van der Waals surface area contributed by atoms with E-state index in [0.29, 0.717) is 0 Å². The zero-order valence-electron chi connectivity index (χ0n) is 12.5. The van der Waals surface area contributed by atoms with E-state index in [-0.39, 0.29) is 12.3 Å². The Morgan fingerprint density at radius 2 is 2.05 bits per heavy atom. The van der Waals surface area contributed by atoms with Crippen molar-refractivity contribution < 1.29 is 4.79 Å². The summed E-state index contributed by atoms with van der Waals surface area (Å²) in [6.45, 7) is 4.00. The molecule has 0 aliphatic heterocycles. The normalized spacial score (nSPS) is 10.6. The van der Waals surface area contributed by atoms with Crippen LogP contribution in [-0.4, -0.2) is 15.5 Å². The molecule has 2 heterocycles. The maximum atomic E-state index is 12.2. The molecule has 2 aromatic heterocycles. The van der Waals surface area contributed by atoms with E-state index in [0.717, 1.165) is 27.6 Å². The highest BCUT2D eigenvalue weighted by Crippen LogP contribution is 2.18. The molecule has 0 saturated carbocycles. The van der Waals surface area contributed by atoms with Gasteiger partial charge in [-0.05, 0) is 43.2 Å². The van der Waals surface area contributed by atoms with Crippen LogP contribution in [0.3, 0.4) is 0 Å². The van der Waals surface area contributed by atoms with Gasteiger partial charge < -0.3 is 9.88 Å². The number of aromatic nitrogens is 2. The van der Waals surface area contributed by atoms with Crippen LogP contribution in [0.15, 0.2) is 48.1 Å². The third kappa shape index (κ3) is 3.26. The van der Waals surface area contributed by atoms with Gasteiger partial charge in [-0.1, -0.05) is 12.1 Å². The minimum Gasteiger partial charge on any atom is -0.325 e. The van der Waals surface area contributed by atoms with Crippen LogP contribution in [0.4, 0.5) is 5.69 Å². The number of amides is 1. The van der Waals surface area contributed by atoms with Gasteiger partial charge in [0.1, 0.15) is 0 Å². The molecular formula is C17H17N3OS. The van der Waals surface area contributed by atoms with Crippen LogP contribution in [-0.2, 0) is 11.2 Å². The van der Waals surface area contributed by atoms with Crippen molar-refractivity contribution in [2.45, 2.75) is 20.3 Å². The first-order chi connectivity index (χ1) is 10.6. The van der Waals surface area contributed by atoms with Crippen molar-refractivity contribution in [1.82, 2.24) is 9.55 Å². The van der Waals surface area contributed by atoms with Gasteiger partial charge in [0.25, 0.3) is 0 Å². The minimum absolute atomic E-state index is 0.0435. The summed E-state index contributed by atoms with van der Waals surface area (Å²) in [5.41, 5.74) is 3.84. The van der Waals surface area contributed by atoms with Crippen LogP contribution < -0.4 is 5.32 Å². The largest absolute Gasteiger partial charge is 0.325 e. The van der Waals surface area contributed by atoms with Crippen LogP contribution in [0.2, 0.25) is 0 Å². The summed E-state index contributed by atoms with van der Waals surface area (Å²) < 4.78 is 1.94. The smallest absolute Gasteiger partial charge is 0.230 e. The molecule has 0 fully saturated rings. The third-order valence-corrected chi connectivity index (χ3v) is 4.28. The Balaban J connectivity index is 1.68. The summed E-state index contributed by atoms with van der Waals surface area (Å²) in [7, 11) is 0. The maximum absolute atomic E-state index is 12.2. The van der Waals surface area contributed by atoms with E-state index in [9.17, 15) is 4.79 Å². The van der Waals surface area contributed by atoms with Crippen molar-refractivity contribution in [3.05, 3.63) is 64.9 Å². The lowest BCUT2D eigenvalue weighted by Gasteiger charge is -2.08. The van der Waals surface area contributed by atoms with E-state index >= 15 is 0 Å². The van der Waals surface area contributed by atoms with Crippen molar-refractivity contribution in [2.24, 2.45) is 0 Å². The molecule has 1 N–H and O–H groups in total. The summed E-state index contributed by atoms with van der Waals surface area (Å²) in [5, 5.41) is 5.77. The summed E-state index contributed by atoms with van der Waals surface area (Å²) in [6.07, 6.45) is 4.17. The van der Waals surface area contributed by atoms with E-state index in [1.165, 1.54) is 11.3 Å². The van der Waals surface area contributed by atoms with Gasteiger partial charge in [0, 0.05) is 23.5 Å². The number of carbonyl (C=O) groups is 1. The number of hydrogen-bond donors (Lipinski definition) is 1. The van der Waals surface area contributed by atoms with Crippen molar-refractivity contribution in [1.29, 1.82) is 0 Å². The molecule has 1 aromatic carbocycles. The first kappa shape index (κ1) is 14.5. The predicted octanol–water partition coefficient (Wildman–Crippen LogP) is 3.73. The fraction of sp³-hybridized carbons (Fsp3) is 0.176. The number of nitrogens with one attached hydrogen (secondary N) is 1. The first-order valence-electron chi connectivity index (χ1n) is 7.06. The average Bonchev–Trinajstić information content (AvgIpc) is 3.13. The number of thiazole rings is 1. The van der Waals surface area contributed by atoms with E-state index < -0.39 is 0 Å². The number of benzene rings is 1. The predicted molar refractivity (Wildman–Crippen MR) is 89.7 cm³/mol. The van der Waals surface area contributed by atoms with E-state index in [1.54, 1.807) is 0 Å². The molecular weight excluding hydrogens is 294 g/mol. The monoisotopic (exact) mass is 311 g/mol. The fourth-order valence-corrected chi connectivity index (χ4v) is 2.98. The molecule has 1 amide bonds. The summed E-state index contributed by atoms with van der Waals surface area (Å²) >= 11 is 1.53. The van der Waals surface area contributed by atoms with Gasteiger partial charge in [0.2, 0.25) is 5.91 Å². The van der Waals surface area contributed by atoms with Crippen LogP contribution in [0.5, 0.6) is 0 Å². The Bertz CT molecular complexity index is 790. The highest BCUT2D eigenvalue weighted by atomic mass is 32.1. The molecule has 0 unspecified atom stereocenters. The Labute approximate surface area is 133 Å². The zero-order valence-corrected chi connectivity index (χ0v) is 13.4. The second-order valence-corrected chi connectivity index (χ2v) is 6.09. The molecule has 0 saturated heterocycles. The zero-order chi connectivity index (χ0) is 15.5. The molecule has 0 aliphatic rings. The Kier molecular flexibility index (Phi) is 4.06. The fourth-order valence-electron chi connectivity index (χ4n) is 2.19. The third-order valence-electron chi connectivity index (χ3n) is 3.37. The Hall–Kier alpha value is -2.40. The van der Waals surface area contributed by atoms with Crippen molar-refractivity contribution in [3.63, 3.8) is 0 Å². The standard InChI is InChI=1S/C17H17N3OS/c1-12-5-6-13(2)15(9-12)19-16(21)10-14-11-22-17(18-14)20-7-3-4-8-20/h3-9,11H,10H2,1-2H3,(H,19,21). The van der Waals surface area contributed by atoms with Gasteiger partial charge in [-0.2, -0.15) is 0 Å². The van der Waals surface area contributed by atoms with Gasteiger partial charge in [0.05, 0.1) is 12.1 Å². The molecule has 4 nitrogen and oxygen atoms in total. The molecule has 3 rings (SSSR count). The molecule has 112 valence electrons. The minimum atomic E-state index is -0.0435. The highest BCUT2D eigenvalue weighted by Gasteiger charge is 2.10. The molecule has 0 spiro atoms. The molecule has 22 heavy (non-hydrogen) atoms. The van der Waals surface area contributed by atoms with Crippen molar-refractivity contribution in [3.8, 4) is 5.13 Å². The van der Waals surface area contributed by atoms with Crippen LogP contribution in [0.1, 0.15) is 16.8 Å². The second kappa shape index (κ2) is 6.15. The second-order valence-electron chi connectivity index (χ2n) is 5.26. The lowest BCUT2D eigenvalue weighted by molar-refractivity contribution is -0.115. The maximum Gasteiger partial charge on any atom is 0.230 e. The topological polar surface area (TPSA) is 46.9 Å². The number of hydrogen-bond acceptors (Lipinski definition) is 3. The van der Waals surface area contributed by atoms with E-state index in [1.807, 2.05) is 66.5 Å². The molecule has 3 aromatic rings. The summed E-state index contributed by atoms with van der Waals surface area (Å²) in [6, 6.07) is 9.94. The van der Waals surface area contributed by atoms with Crippen LogP contribution in [0.25, 0.3) is 5.13 Å². The molecule has 0 atom stereocenters. The molecule has 5 heteroatoms. The lowest BCUT2D eigenvalue weighted by Crippen LogP contribution is -2.15. The van der Waals surface area contributed by atoms with Gasteiger partial charge >= 0.3 is 0 Å².